The van der Waals surface area contributed by atoms with Gasteiger partial charge in [0.2, 0.25) is 5.91 Å². The number of fused-ring (bicyclic) bond motifs is 2. The maximum absolute atomic E-state index is 15.4. The normalized spacial score (nSPS) is 24.1. The number of nitrogens with zero attached hydrogens (tertiary/aromatic N) is 3. The summed E-state index contributed by atoms with van der Waals surface area (Å²) >= 11 is 0. The minimum atomic E-state index is -0.861. The van der Waals surface area contributed by atoms with Gasteiger partial charge < -0.3 is 24.2 Å². The Balaban J connectivity index is 1.18. The van der Waals surface area contributed by atoms with Gasteiger partial charge in [0, 0.05) is 56.0 Å². The molecule has 3 aliphatic heterocycles. The van der Waals surface area contributed by atoms with Crippen LogP contribution in [-0.4, -0.2) is 74.1 Å². The molecule has 188 valence electrons. The third-order valence-corrected chi connectivity index (χ3v) is 8.15. The quantitative estimate of drug-likeness (QED) is 0.612. The van der Waals surface area contributed by atoms with Gasteiger partial charge in [0.05, 0.1) is 24.6 Å². The van der Waals surface area contributed by atoms with Gasteiger partial charge in [-0.2, -0.15) is 0 Å². The minimum absolute atomic E-state index is 0.0989. The first-order valence-electron chi connectivity index (χ1n) is 12.4. The summed E-state index contributed by atoms with van der Waals surface area (Å²) in [6.07, 6.45) is 1.38. The average molecular weight is 494 g/mol. The topological polar surface area (TPSA) is 79.4 Å². The van der Waals surface area contributed by atoms with Crippen molar-refractivity contribution in [1.82, 2.24) is 9.80 Å². The summed E-state index contributed by atoms with van der Waals surface area (Å²) in [5.74, 6) is -0.839. The summed E-state index contributed by atoms with van der Waals surface area (Å²) in [6.45, 7) is 2.92. The van der Waals surface area contributed by atoms with E-state index in [1.165, 1.54) is 13.2 Å². The first-order valence-corrected chi connectivity index (χ1v) is 12.4. The Hall–Kier alpha value is -3.62. The smallest absolute Gasteiger partial charge is 0.409 e. The van der Waals surface area contributed by atoms with Crippen molar-refractivity contribution in [2.24, 2.45) is 0 Å². The van der Waals surface area contributed by atoms with Crippen LogP contribution < -0.4 is 4.90 Å². The van der Waals surface area contributed by atoms with Crippen LogP contribution in [0.2, 0.25) is 0 Å². The van der Waals surface area contributed by atoms with E-state index in [2.05, 4.69) is 0 Å². The van der Waals surface area contributed by atoms with Gasteiger partial charge >= 0.3 is 12.1 Å². The molecule has 1 aliphatic carbocycles. The molecule has 0 radical (unpaired) electrons. The van der Waals surface area contributed by atoms with Crippen LogP contribution in [0.25, 0.3) is 0 Å². The zero-order chi connectivity index (χ0) is 25.1. The minimum Gasteiger partial charge on any atom is -0.453 e. The highest BCUT2D eigenvalue weighted by atomic mass is 19.1. The molecule has 3 fully saturated rings. The van der Waals surface area contributed by atoms with Gasteiger partial charge in [0.15, 0.2) is 5.60 Å². The number of carbonyl (C=O) groups is 3. The highest BCUT2D eigenvalue weighted by molar-refractivity contribution is 5.96. The van der Waals surface area contributed by atoms with Gasteiger partial charge in [0.1, 0.15) is 5.82 Å². The van der Waals surface area contributed by atoms with E-state index >= 15 is 4.39 Å². The number of esters is 1. The number of benzene rings is 2. The van der Waals surface area contributed by atoms with Crippen LogP contribution in [0, 0.1) is 5.82 Å². The van der Waals surface area contributed by atoms with E-state index in [4.69, 9.17) is 9.47 Å². The van der Waals surface area contributed by atoms with Gasteiger partial charge in [-0.1, -0.05) is 24.3 Å². The van der Waals surface area contributed by atoms with Crippen LogP contribution in [0.4, 0.5) is 14.9 Å². The molecule has 36 heavy (non-hydrogen) atoms. The van der Waals surface area contributed by atoms with Crippen molar-refractivity contribution in [1.29, 1.82) is 0 Å². The Morgan fingerprint density at radius 2 is 1.69 bits per heavy atom. The van der Waals surface area contributed by atoms with Gasteiger partial charge in [-0.3, -0.25) is 4.79 Å². The molecule has 0 bridgehead atoms. The molecule has 2 amide bonds. The summed E-state index contributed by atoms with van der Waals surface area (Å²) in [7, 11) is 1.36. The largest absolute Gasteiger partial charge is 0.453 e. The predicted octanol–water partition coefficient (Wildman–Crippen LogP) is 3.04. The molecule has 0 aromatic heterocycles. The lowest BCUT2D eigenvalue weighted by atomic mass is 9.91. The molecule has 1 spiro atoms. The molecule has 1 saturated carbocycles. The van der Waals surface area contributed by atoms with Crippen molar-refractivity contribution in [3.8, 4) is 0 Å². The second kappa shape index (κ2) is 8.21. The molecule has 9 heteroatoms. The lowest BCUT2D eigenvalue weighted by Crippen LogP contribution is -2.48. The molecular weight excluding hydrogens is 465 g/mol. The second-order valence-corrected chi connectivity index (χ2v) is 10.1. The Labute approximate surface area is 208 Å². The number of likely N-dealkylation sites (tertiary alicyclic amines) is 1. The van der Waals surface area contributed by atoms with E-state index in [0.717, 1.165) is 11.3 Å². The zero-order valence-electron chi connectivity index (χ0n) is 20.2. The van der Waals surface area contributed by atoms with Crippen LogP contribution in [0.15, 0.2) is 42.5 Å². The monoisotopic (exact) mass is 493 g/mol. The highest BCUT2D eigenvalue weighted by Gasteiger charge is 2.58. The number of hydrogen-bond acceptors (Lipinski definition) is 6. The Bertz CT molecular complexity index is 1250. The molecule has 3 heterocycles. The number of halogens is 1. The van der Waals surface area contributed by atoms with Gasteiger partial charge in [-0.25, -0.2) is 14.0 Å². The van der Waals surface area contributed by atoms with Crippen molar-refractivity contribution in [3.63, 3.8) is 0 Å². The SMILES string of the molecule is COC(=O)N1CCN(c2ccc(C3(C(=O)N4CCC5(C4)OC(=O)c4ccccc45)CC3)c(F)c2)CC1. The number of ether oxygens (including phenoxy) is 2. The first kappa shape index (κ1) is 22.8. The van der Waals surface area contributed by atoms with Crippen molar-refractivity contribution >= 4 is 23.7 Å². The van der Waals surface area contributed by atoms with E-state index < -0.39 is 11.0 Å². The molecule has 2 aromatic carbocycles. The number of hydrogen-bond donors (Lipinski definition) is 0. The van der Waals surface area contributed by atoms with Crippen LogP contribution in [0.3, 0.4) is 0 Å². The lowest BCUT2D eigenvalue weighted by molar-refractivity contribution is -0.134. The number of amides is 2. The third kappa shape index (κ3) is 3.43. The fourth-order valence-electron chi connectivity index (χ4n) is 6.00. The number of methoxy groups -OCH3 is 1. The lowest BCUT2D eigenvalue weighted by Gasteiger charge is -2.35. The maximum atomic E-state index is 15.4. The fourth-order valence-corrected chi connectivity index (χ4v) is 6.00. The van der Waals surface area contributed by atoms with Crippen LogP contribution in [-0.2, 0) is 25.3 Å². The molecular formula is C27H28FN3O5. The molecule has 2 saturated heterocycles. The van der Waals surface area contributed by atoms with Crippen molar-refractivity contribution in [2.45, 2.75) is 30.3 Å². The molecule has 1 atom stereocenters. The summed E-state index contributed by atoms with van der Waals surface area (Å²) < 4.78 is 26.0. The van der Waals surface area contributed by atoms with Crippen LogP contribution in [0.1, 0.15) is 40.7 Å². The van der Waals surface area contributed by atoms with Gasteiger partial charge in [-0.15, -0.1) is 0 Å². The number of rotatable bonds is 3. The van der Waals surface area contributed by atoms with Crippen molar-refractivity contribution in [2.75, 3.05) is 51.3 Å². The fraction of sp³-hybridized carbons (Fsp3) is 0.444. The predicted molar refractivity (Wildman–Crippen MR) is 128 cm³/mol. The summed E-state index contributed by atoms with van der Waals surface area (Å²) in [5, 5.41) is 0. The van der Waals surface area contributed by atoms with E-state index in [0.29, 0.717) is 69.7 Å². The standard InChI is InChI=1S/C27H28FN3O5/c1-35-25(34)30-14-12-29(13-15-30)18-6-7-21(22(28)16-18)26(8-9-26)24(33)31-11-10-27(17-31)20-5-3-2-4-19(20)23(32)36-27/h2-7,16H,8-15,17H2,1H3. The molecule has 1 unspecified atom stereocenters. The highest BCUT2D eigenvalue weighted by Crippen LogP contribution is 2.53. The second-order valence-electron chi connectivity index (χ2n) is 10.1. The molecule has 0 N–H and O–H groups in total. The summed E-state index contributed by atoms with van der Waals surface area (Å²) in [6, 6.07) is 12.4. The Kier molecular flexibility index (Phi) is 5.21. The number of piperazine rings is 1. The number of carbonyl (C=O) groups excluding carboxylic acids is 3. The van der Waals surface area contributed by atoms with Crippen LogP contribution in [0.5, 0.6) is 0 Å². The van der Waals surface area contributed by atoms with Crippen LogP contribution >= 0.6 is 0 Å². The first-order chi connectivity index (χ1) is 17.4. The van der Waals surface area contributed by atoms with Crippen molar-refractivity contribution in [3.05, 3.63) is 65.0 Å². The number of anilines is 1. The summed E-state index contributed by atoms with van der Waals surface area (Å²) in [5.41, 5.74) is 0.876. The summed E-state index contributed by atoms with van der Waals surface area (Å²) in [4.78, 5) is 43.2. The molecule has 6 rings (SSSR count). The van der Waals surface area contributed by atoms with Gasteiger partial charge in [-0.05, 0) is 31.0 Å². The Morgan fingerprint density at radius 3 is 2.39 bits per heavy atom. The Morgan fingerprint density at radius 1 is 0.944 bits per heavy atom. The molecule has 2 aromatic rings. The van der Waals surface area contributed by atoms with E-state index in [9.17, 15) is 14.4 Å². The van der Waals surface area contributed by atoms with Gasteiger partial charge in [0.25, 0.3) is 0 Å². The third-order valence-electron chi connectivity index (χ3n) is 8.15. The maximum Gasteiger partial charge on any atom is 0.409 e. The van der Waals surface area contributed by atoms with E-state index in [1.54, 1.807) is 21.9 Å². The average Bonchev–Trinajstić information content (AvgIpc) is 3.52. The van der Waals surface area contributed by atoms with E-state index in [-0.39, 0.29) is 23.8 Å². The molecule has 8 nitrogen and oxygen atoms in total. The molecule has 4 aliphatic rings. The zero-order valence-corrected chi connectivity index (χ0v) is 20.2. The van der Waals surface area contributed by atoms with Crippen molar-refractivity contribution < 1.29 is 28.2 Å². The van der Waals surface area contributed by atoms with E-state index in [1.807, 2.05) is 29.2 Å².